The zero-order chi connectivity index (χ0) is 20.9. The number of amides is 1. The number of hydrogen-bond acceptors (Lipinski definition) is 5. The fourth-order valence-corrected chi connectivity index (χ4v) is 3.34. The molecule has 1 amide bonds. The van der Waals surface area contributed by atoms with E-state index in [-0.39, 0.29) is 36.6 Å². The highest BCUT2D eigenvalue weighted by atomic mass is 16.5. The predicted molar refractivity (Wildman–Crippen MR) is 105 cm³/mol. The van der Waals surface area contributed by atoms with Gasteiger partial charge in [0.2, 0.25) is 5.91 Å². The molecule has 0 bridgehead atoms. The van der Waals surface area contributed by atoms with Crippen molar-refractivity contribution in [3.63, 3.8) is 0 Å². The van der Waals surface area contributed by atoms with Gasteiger partial charge in [0.05, 0.1) is 6.61 Å². The third-order valence-corrected chi connectivity index (χ3v) is 4.99. The Balaban J connectivity index is 1.94. The minimum absolute atomic E-state index is 0.00771. The van der Waals surface area contributed by atoms with Crippen molar-refractivity contribution >= 4 is 23.4 Å². The van der Waals surface area contributed by atoms with Crippen molar-refractivity contribution < 1.29 is 23.9 Å². The number of carbonyl (C=O) groups excluding carboxylic acids is 4. The standard InChI is InChI=1S/C22H29NO5/c1-5-28-21(27)20(26)17-7-6-14-23(17)19(25)13-12-18(24)15-8-10-16(11-9-15)22(2,3)4/h8-11,17H,5-7,12-14H2,1-4H3/t17-/m0/s1. The molecule has 0 spiro atoms. The molecule has 152 valence electrons. The third-order valence-electron chi connectivity index (χ3n) is 4.99. The smallest absolute Gasteiger partial charge is 0.376 e. The van der Waals surface area contributed by atoms with E-state index in [0.29, 0.717) is 24.9 Å². The summed E-state index contributed by atoms with van der Waals surface area (Å²) in [6, 6.07) is 6.67. The molecule has 2 rings (SSSR count). The van der Waals surface area contributed by atoms with Crippen LogP contribution in [-0.4, -0.2) is 47.5 Å². The summed E-state index contributed by atoms with van der Waals surface area (Å²) in [5, 5.41) is 0. The second-order valence-electron chi connectivity index (χ2n) is 8.08. The second kappa shape index (κ2) is 9.13. The molecule has 1 heterocycles. The average molecular weight is 387 g/mol. The van der Waals surface area contributed by atoms with E-state index in [1.807, 2.05) is 12.1 Å². The summed E-state index contributed by atoms with van der Waals surface area (Å²) in [5.41, 5.74) is 1.72. The van der Waals surface area contributed by atoms with Crippen molar-refractivity contribution in [1.82, 2.24) is 4.90 Å². The van der Waals surface area contributed by atoms with E-state index in [0.717, 1.165) is 5.56 Å². The van der Waals surface area contributed by atoms with Gasteiger partial charge in [-0.25, -0.2) is 4.79 Å². The van der Waals surface area contributed by atoms with Crippen LogP contribution in [-0.2, 0) is 24.5 Å². The number of carbonyl (C=O) groups is 4. The molecular weight excluding hydrogens is 358 g/mol. The maximum absolute atomic E-state index is 12.5. The first-order valence-electron chi connectivity index (χ1n) is 9.79. The molecule has 0 N–H and O–H groups in total. The first kappa shape index (κ1) is 21.8. The normalized spacial score (nSPS) is 16.7. The molecule has 1 fully saturated rings. The Morgan fingerprint density at radius 2 is 1.71 bits per heavy atom. The van der Waals surface area contributed by atoms with Crippen LogP contribution in [0.1, 0.15) is 69.3 Å². The number of ether oxygens (including phenoxy) is 1. The van der Waals surface area contributed by atoms with Crippen LogP contribution in [0.15, 0.2) is 24.3 Å². The number of nitrogens with zero attached hydrogens (tertiary/aromatic N) is 1. The summed E-state index contributed by atoms with van der Waals surface area (Å²) in [6.45, 7) is 8.48. The zero-order valence-corrected chi connectivity index (χ0v) is 17.1. The molecule has 0 saturated carbocycles. The number of hydrogen-bond donors (Lipinski definition) is 0. The topological polar surface area (TPSA) is 80.8 Å². The first-order valence-corrected chi connectivity index (χ1v) is 9.79. The average Bonchev–Trinajstić information content (AvgIpc) is 3.14. The van der Waals surface area contributed by atoms with Crippen LogP contribution in [0.2, 0.25) is 0 Å². The van der Waals surface area contributed by atoms with E-state index in [4.69, 9.17) is 4.74 Å². The monoisotopic (exact) mass is 387 g/mol. The molecule has 0 aliphatic carbocycles. The van der Waals surface area contributed by atoms with E-state index in [1.165, 1.54) is 4.90 Å². The second-order valence-corrected chi connectivity index (χ2v) is 8.08. The van der Waals surface area contributed by atoms with Gasteiger partial charge in [0.1, 0.15) is 6.04 Å². The molecule has 1 aliphatic rings. The van der Waals surface area contributed by atoms with Gasteiger partial charge in [-0.05, 0) is 30.7 Å². The van der Waals surface area contributed by atoms with Crippen LogP contribution in [0.3, 0.4) is 0 Å². The van der Waals surface area contributed by atoms with Crippen molar-refractivity contribution in [2.45, 2.75) is 64.8 Å². The van der Waals surface area contributed by atoms with E-state index in [1.54, 1.807) is 19.1 Å². The van der Waals surface area contributed by atoms with Gasteiger partial charge in [0.25, 0.3) is 5.78 Å². The Hall–Kier alpha value is -2.50. The molecule has 6 nitrogen and oxygen atoms in total. The summed E-state index contributed by atoms with van der Waals surface area (Å²) in [7, 11) is 0. The zero-order valence-electron chi connectivity index (χ0n) is 17.1. The highest BCUT2D eigenvalue weighted by Crippen LogP contribution is 2.23. The molecule has 0 radical (unpaired) electrons. The molecule has 1 aromatic rings. The van der Waals surface area contributed by atoms with Crippen LogP contribution < -0.4 is 0 Å². The quantitative estimate of drug-likeness (QED) is 0.408. The molecular formula is C22H29NO5. The number of benzene rings is 1. The van der Waals surface area contributed by atoms with Crippen LogP contribution in [0.4, 0.5) is 0 Å². The number of Topliss-reactive ketones (excluding diaryl/α,β-unsaturated/α-hetero) is 2. The summed E-state index contributed by atoms with van der Waals surface area (Å²) >= 11 is 0. The maximum atomic E-state index is 12.5. The van der Waals surface area contributed by atoms with E-state index in [2.05, 4.69) is 20.8 Å². The Labute approximate surface area is 166 Å². The molecule has 1 saturated heterocycles. The largest absolute Gasteiger partial charge is 0.460 e. The van der Waals surface area contributed by atoms with Crippen LogP contribution in [0, 0.1) is 0 Å². The predicted octanol–water partition coefficient (Wildman–Crippen LogP) is 3.07. The number of rotatable bonds is 7. The van der Waals surface area contributed by atoms with Crippen LogP contribution in [0.5, 0.6) is 0 Å². The lowest BCUT2D eigenvalue weighted by Gasteiger charge is -2.23. The molecule has 0 aromatic heterocycles. The summed E-state index contributed by atoms with van der Waals surface area (Å²) in [6.07, 6.45) is 1.20. The lowest BCUT2D eigenvalue weighted by atomic mass is 9.86. The Bertz CT molecular complexity index is 745. The van der Waals surface area contributed by atoms with Gasteiger partial charge in [0.15, 0.2) is 5.78 Å². The van der Waals surface area contributed by atoms with Gasteiger partial charge in [-0.2, -0.15) is 0 Å². The van der Waals surface area contributed by atoms with E-state index >= 15 is 0 Å². The Morgan fingerprint density at radius 3 is 2.29 bits per heavy atom. The van der Waals surface area contributed by atoms with E-state index < -0.39 is 17.8 Å². The van der Waals surface area contributed by atoms with Crippen molar-refractivity contribution in [2.75, 3.05) is 13.2 Å². The van der Waals surface area contributed by atoms with Gasteiger partial charge < -0.3 is 9.64 Å². The Morgan fingerprint density at radius 1 is 1.07 bits per heavy atom. The highest BCUT2D eigenvalue weighted by Gasteiger charge is 2.37. The third kappa shape index (κ3) is 5.27. The highest BCUT2D eigenvalue weighted by molar-refractivity contribution is 6.36. The number of likely N-dealkylation sites (tertiary alicyclic amines) is 1. The lowest BCUT2D eigenvalue weighted by Crippen LogP contribution is -2.43. The molecule has 0 unspecified atom stereocenters. The minimum Gasteiger partial charge on any atom is -0.460 e. The molecule has 28 heavy (non-hydrogen) atoms. The number of ketones is 2. The fourth-order valence-electron chi connectivity index (χ4n) is 3.34. The van der Waals surface area contributed by atoms with Gasteiger partial charge >= 0.3 is 5.97 Å². The molecule has 1 aromatic carbocycles. The van der Waals surface area contributed by atoms with Crippen molar-refractivity contribution in [3.05, 3.63) is 35.4 Å². The summed E-state index contributed by atoms with van der Waals surface area (Å²) in [5.74, 6) is -1.97. The Kier molecular flexibility index (Phi) is 7.11. The summed E-state index contributed by atoms with van der Waals surface area (Å²) in [4.78, 5) is 50.2. The maximum Gasteiger partial charge on any atom is 0.376 e. The van der Waals surface area contributed by atoms with Gasteiger partial charge in [-0.15, -0.1) is 0 Å². The lowest BCUT2D eigenvalue weighted by molar-refractivity contribution is -0.156. The van der Waals surface area contributed by atoms with Crippen LogP contribution in [0.25, 0.3) is 0 Å². The van der Waals surface area contributed by atoms with Crippen molar-refractivity contribution in [3.8, 4) is 0 Å². The van der Waals surface area contributed by atoms with Crippen molar-refractivity contribution in [2.24, 2.45) is 0 Å². The minimum atomic E-state index is -0.901. The molecule has 1 aliphatic heterocycles. The summed E-state index contributed by atoms with van der Waals surface area (Å²) < 4.78 is 4.75. The van der Waals surface area contributed by atoms with Gasteiger partial charge in [0, 0.05) is 24.9 Å². The van der Waals surface area contributed by atoms with Crippen LogP contribution >= 0.6 is 0 Å². The molecule has 1 atom stereocenters. The van der Waals surface area contributed by atoms with Crippen molar-refractivity contribution in [1.29, 1.82) is 0 Å². The fraction of sp³-hybridized carbons (Fsp3) is 0.545. The first-order chi connectivity index (χ1) is 13.1. The van der Waals surface area contributed by atoms with Gasteiger partial charge in [-0.3, -0.25) is 14.4 Å². The van der Waals surface area contributed by atoms with Gasteiger partial charge in [-0.1, -0.05) is 45.0 Å². The number of esters is 1. The molecule has 6 heteroatoms. The SMILES string of the molecule is CCOC(=O)C(=O)[C@@H]1CCCN1C(=O)CCC(=O)c1ccc(C(C)(C)C)cc1. The van der Waals surface area contributed by atoms with E-state index in [9.17, 15) is 19.2 Å².